The number of carbonyl (C=O) groups is 1. The molecule has 2 aromatic heterocycles. The van der Waals surface area contributed by atoms with Gasteiger partial charge in [-0.25, -0.2) is 0 Å². The number of aromatic amines is 1. The average molecular weight is 467 g/mol. The molecular weight excluding hydrogens is 444 g/mol. The van der Waals surface area contributed by atoms with Gasteiger partial charge in [-0.2, -0.15) is 0 Å². The Labute approximate surface area is 201 Å². The van der Waals surface area contributed by atoms with E-state index in [1.54, 1.807) is 0 Å². The molecule has 0 spiro atoms. The number of carbonyl (C=O) groups excluding carboxylic acids is 1. The van der Waals surface area contributed by atoms with E-state index in [0.717, 1.165) is 40.7 Å². The molecule has 6 rings (SSSR count). The van der Waals surface area contributed by atoms with Crippen LogP contribution in [0.4, 0.5) is 11.4 Å². The second-order valence-corrected chi connectivity index (χ2v) is 9.60. The molecule has 1 aliphatic rings. The number of anilines is 2. The molecule has 3 aromatic carbocycles. The lowest BCUT2D eigenvalue weighted by atomic mass is 10.0. The van der Waals surface area contributed by atoms with E-state index < -0.39 is 5.25 Å². The van der Waals surface area contributed by atoms with Gasteiger partial charge in [-0.05, 0) is 49.1 Å². The Morgan fingerprint density at radius 1 is 0.941 bits per heavy atom. The van der Waals surface area contributed by atoms with Crippen LogP contribution in [0.2, 0.25) is 0 Å². The van der Waals surface area contributed by atoms with Crippen LogP contribution in [-0.2, 0) is 17.6 Å². The molecule has 1 N–H and O–H groups in total. The number of nitrogens with zero attached hydrogens (tertiary/aromatic N) is 3. The summed E-state index contributed by atoms with van der Waals surface area (Å²) in [6.45, 7) is 1.89. The Balaban J connectivity index is 1.30. The molecule has 5 aromatic rings. The fourth-order valence-corrected chi connectivity index (χ4v) is 5.24. The summed E-state index contributed by atoms with van der Waals surface area (Å²) < 4.78 is 5.96. The van der Waals surface area contributed by atoms with Gasteiger partial charge in [0.05, 0.1) is 22.2 Å². The van der Waals surface area contributed by atoms with E-state index in [9.17, 15) is 4.79 Å². The molecule has 0 bridgehead atoms. The summed E-state index contributed by atoms with van der Waals surface area (Å²) in [6, 6.07) is 24.2. The Kier molecular flexibility index (Phi) is 5.19. The monoisotopic (exact) mass is 466 g/mol. The summed E-state index contributed by atoms with van der Waals surface area (Å²) in [6.07, 6.45) is 3.67. The summed E-state index contributed by atoms with van der Waals surface area (Å²) in [7, 11) is 0. The number of thioether (sulfide) groups is 1. The maximum absolute atomic E-state index is 13.8. The molecule has 1 aliphatic heterocycles. The lowest BCUT2D eigenvalue weighted by Crippen LogP contribution is -2.33. The predicted octanol–water partition coefficient (Wildman–Crippen LogP) is 6.16. The standard InChI is InChI=1S/C27H22N4O2S/c1-17(34-27-30-29-25(33-27)21-16-28-22-11-5-4-10-20(21)22)26(32)31-23-12-6-2-8-18(23)14-15-19-9-3-7-13-24(19)31/h2-13,16-17,28H,14-15H2,1H3. The van der Waals surface area contributed by atoms with E-state index >= 15 is 0 Å². The molecule has 1 amide bonds. The number of benzene rings is 3. The zero-order valence-corrected chi connectivity index (χ0v) is 19.4. The molecule has 7 heteroatoms. The van der Waals surface area contributed by atoms with Crippen molar-refractivity contribution in [2.75, 3.05) is 4.90 Å². The largest absolute Gasteiger partial charge is 0.411 e. The molecule has 6 nitrogen and oxygen atoms in total. The smallest absolute Gasteiger partial charge is 0.277 e. The van der Waals surface area contributed by atoms with Crippen molar-refractivity contribution in [2.24, 2.45) is 0 Å². The zero-order chi connectivity index (χ0) is 23.1. The highest BCUT2D eigenvalue weighted by Crippen LogP contribution is 2.38. The second kappa shape index (κ2) is 8.50. The minimum Gasteiger partial charge on any atom is -0.411 e. The number of hydrogen-bond acceptors (Lipinski definition) is 5. The van der Waals surface area contributed by atoms with Crippen molar-refractivity contribution in [3.63, 3.8) is 0 Å². The van der Waals surface area contributed by atoms with E-state index in [1.165, 1.54) is 22.9 Å². The van der Waals surface area contributed by atoms with E-state index in [0.29, 0.717) is 11.1 Å². The molecule has 168 valence electrons. The molecule has 34 heavy (non-hydrogen) atoms. The molecule has 0 saturated heterocycles. The molecule has 0 radical (unpaired) electrons. The Hall–Kier alpha value is -3.84. The van der Waals surface area contributed by atoms with E-state index in [4.69, 9.17) is 4.42 Å². The van der Waals surface area contributed by atoms with Crippen molar-refractivity contribution in [2.45, 2.75) is 30.2 Å². The number of aromatic nitrogens is 3. The number of hydrogen-bond donors (Lipinski definition) is 1. The number of para-hydroxylation sites is 3. The van der Waals surface area contributed by atoms with Gasteiger partial charge in [0.1, 0.15) is 0 Å². The second-order valence-electron chi connectivity index (χ2n) is 8.31. The lowest BCUT2D eigenvalue weighted by Gasteiger charge is -2.27. The quantitative estimate of drug-likeness (QED) is 0.321. The van der Waals surface area contributed by atoms with Gasteiger partial charge in [0, 0.05) is 17.1 Å². The van der Waals surface area contributed by atoms with E-state index in [1.807, 2.05) is 78.7 Å². The van der Waals surface area contributed by atoms with E-state index in [-0.39, 0.29) is 5.91 Å². The molecule has 0 fully saturated rings. The van der Waals surface area contributed by atoms with Crippen molar-refractivity contribution < 1.29 is 9.21 Å². The third kappa shape index (κ3) is 3.58. The average Bonchev–Trinajstić information content (AvgIpc) is 3.47. The minimum atomic E-state index is -0.421. The van der Waals surface area contributed by atoms with Crippen molar-refractivity contribution in [3.05, 3.63) is 90.1 Å². The molecule has 1 atom stereocenters. The highest BCUT2D eigenvalue weighted by Gasteiger charge is 2.30. The number of fused-ring (bicyclic) bond motifs is 3. The first-order valence-electron chi connectivity index (χ1n) is 11.3. The lowest BCUT2D eigenvalue weighted by molar-refractivity contribution is -0.117. The summed E-state index contributed by atoms with van der Waals surface area (Å²) in [5, 5.41) is 9.42. The summed E-state index contributed by atoms with van der Waals surface area (Å²) in [5.74, 6) is 0.420. The van der Waals surface area contributed by atoms with Crippen molar-refractivity contribution in [1.29, 1.82) is 0 Å². The van der Waals surface area contributed by atoms with Gasteiger partial charge in [-0.15, -0.1) is 10.2 Å². The fraction of sp³-hybridized carbons (Fsp3) is 0.148. The molecule has 3 heterocycles. The predicted molar refractivity (Wildman–Crippen MR) is 134 cm³/mol. The summed E-state index contributed by atoms with van der Waals surface area (Å²) in [5.41, 5.74) is 6.08. The topological polar surface area (TPSA) is 75.0 Å². The zero-order valence-electron chi connectivity index (χ0n) is 18.6. The molecular formula is C27H22N4O2S. The Morgan fingerprint density at radius 2 is 1.59 bits per heavy atom. The number of nitrogens with one attached hydrogen (secondary N) is 1. The van der Waals surface area contributed by atoms with Crippen molar-refractivity contribution in [1.82, 2.24) is 15.2 Å². The first-order chi connectivity index (χ1) is 16.7. The van der Waals surface area contributed by atoms with Crippen LogP contribution < -0.4 is 4.90 Å². The minimum absolute atomic E-state index is 0.0151. The highest BCUT2D eigenvalue weighted by molar-refractivity contribution is 8.00. The normalized spacial score (nSPS) is 13.9. The van der Waals surface area contributed by atoms with Gasteiger partial charge in [0.25, 0.3) is 11.1 Å². The fourth-order valence-electron chi connectivity index (χ4n) is 4.52. The van der Waals surface area contributed by atoms with Gasteiger partial charge < -0.3 is 9.40 Å². The van der Waals surface area contributed by atoms with Gasteiger partial charge in [0.2, 0.25) is 5.91 Å². The maximum Gasteiger partial charge on any atom is 0.277 e. The summed E-state index contributed by atoms with van der Waals surface area (Å²) in [4.78, 5) is 18.9. The van der Waals surface area contributed by atoms with Gasteiger partial charge in [-0.1, -0.05) is 66.4 Å². The van der Waals surface area contributed by atoms with Crippen molar-refractivity contribution in [3.8, 4) is 11.5 Å². The summed E-state index contributed by atoms with van der Waals surface area (Å²) >= 11 is 1.28. The maximum atomic E-state index is 13.8. The third-order valence-corrected chi connectivity index (χ3v) is 7.12. The van der Waals surface area contributed by atoms with Gasteiger partial charge in [-0.3, -0.25) is 9.69 Å². The SMILES string of the molecule is CC(Sc1nnc(-c2c[nH]c3ccccc23)o1)C(=O)N1c2ccccc2CCc2ccccc21. The van der Waals surface area contributed by atoms with Crippen LogP contribution in [0.15, 0.2) is 88.6 Å². The van der Waals surface area contributed by atoms with E-state index in [2.05, 4.69) is 27.3 Å². The molecule has 1 unspecified atom stereocenters. The van der Waals surface area contributed by atoms with Crippen LogP contribution in [0.3, 0.4) is 0 Å². The first kappa shape index (κ1) is 20.7. The number of aryl methyl sites for hydroxylation is 2. The van der Waals surface area contributed by atoms with Crippen LogP contribution in [-0.4, -0.2) is 26.3 Å². The van der Waals surface area contributed by atoms with Crippen LogP contribution in [0, 0.1) is 0 Å². The van der Waals surface area contributed by atoms with Crippen molar-refractivity contribution >= 4 is 39.9 Å². The van der Waals surface area contributed by atoms with Gasteiger partial charge >= 0.3 is 0 Å². The Morgan fingerprint density at radius 3 is 2.32 bits per heavy atom. The first-order valence-corrected chi connectivity index (χ1v) is 12.1. The van der Waals surface area contributed by atoms with Crippen LogP contribution in [0.1, 0.15) is 18.1 Å². The van der Waals surface area contributed by atoms with Crippen LogP contribution in [0.5, 0.6) is 0 Å². The number of rotatable bonds is 4. The highest BCUT2D eigenvalue weighted by atomic mass is 32.2. The molecule has 0 saturated carbocycles. The third-order valence-electron chi connectivity index (χ3n) is 6.20. The Bertz CT molecular complexity index is 1460. The number of amides is 1. The van der Waals surface area contributed by atoms with Gasteiger partial charge in [0.15, 0.2) is 0 Å². The van der Waals surface area contributed by atoms with Crippen LogP contribution >= 0.6 is 11.8 Å². The van der Waals surface area contributed by atoms with Crippen LogP contribution in [0.25, 0.3) is 22.4 Å². The molecule has 0 aliphatic carbocycles. The number of H-pyrrole nitrogens is 1.